The minimum absolute atomic E-state index is 0.0190. The molecule has 4 heterocycles. The number of imidazole rings is 1. The van der Waals surface area contributed by atoms with Crippen molar-refractivity contribution in [1.82, 2.24) is 30.1 Å². The molecule has 0 unspecified atom stereocenters. The number of aromatic amines is 1. The van der Waals surface area contributed by atoms with Crippen molar-refractivity contribution in [3.8, 4) is 28.1 Å². The van der Waals surface area contributed by atoms with E-state index in [0.717, 1.165) is 18.6 Å². The highest BCUT2D eigenvalue weighted by atomic mass is 19.4. The van der Waals surface area contributed by atoms with Gasteiger partial charge in [0.2, 0.25) is 11.8 Å². The summed E-state index contributed by atoms with van der Waals surface area (Å²) in [4.78, 5) is 70.2. The van der Waals surface area contributed by atoms with Crippen molar-refractivity contribution in [2.75, 3.05) is 37.0 Å². The van der Waals surface area contributed by atoms with Crippen molar-refractivity contribution in [3.05, 3.63) is 78.1 Å². The number of piperazine rings is 1. The Bertz CT molecular complexity index is 2390. The summed E-state index contributed by atoms with van der Waals surface area (Å²) in [6.07, 6.45) is -1.46. The number of likely N-dealkylation sites (tertiary alicyclic amines) is 1. The van der Waals surface area contributed by atoms with Gasteiger partial charge in [0.15, 0.2) is 0 Å². The first-order chi connectivity index (χ1) is 30.1. The third kappa shape index (κ3) is 9.79. The second-order valence-electron chi connectivity index (χ2n) is 18.3. The van der Waals surface area contributed by atoms with Gasteiger partial charge >= 0.3 is 12.5 Å². The van der Waals surface area contributed by atoms with Gasteiger partial charge in [-0.2, -0.15) is 0 Å². The van der Waals surface area contributed by atoms with E-state index in [1.165, 1.54) is 31.5 Å². The fourth-order valence-electron chi connectivity index (χ4n) is 8.72. The predicted octanol–water partition coefficient (Wildman–Crippen LogP) is 8.19. The number of methoxy groups -OCH3 is 1. The number of anilines is 2. The summed E-state index contributed by atoms with van der Waals surface area (Å²) in [5.41, 5.74) is 0.697. The van der Waals surface area contributed by atoms with Crippen molar-refractivity contribution in [1.29, 1.82) is 0 Å². The molecule has 0 spiro atoms. The van der Waals surface area contributed by atoms with Crippen molar-refractivity contribution < 1.29 is 46.2 Å². The second kappa shape index (κ2) is 17.8. The number of benzene rings is 2. The Hall–Kier alpha value is -6.20. The summed E-state index contributed by atoms with van der Waals surface area (Å²) >= 11 is 0. The first-order valence-electron chi connectivity index (χ1n) is 21.4. The van der Waals surface area contributed by atoms with E-state index in [9.17, 15) is 32.3 Å². The summed E-state index contributed by atoms with van der Waals surface area (Å²) < 4.78 is 66.0. The van der Waals surface area contributed by atoms with Crippen molar-refractivity contribution in [3.63, 3.8) is 0 Å². The number of carbonyl (C=O) groups excluding carboxylic acids is 4. The summed E-state index contributed by atoms with van der Waals surface area (Å²) in [5.74, 6) is -1.57. The van der Waals surface area contributed by atoms with E-state index in [1.54, 1.807) is 29.3 Å². The Morgan fingerprint density at radius 2 is 1.59 bits per heavy atom. The number of hydrogen-bond donors (Lipinski definition) is 3. The van der Waals surface area contributed by atoms with Crippen LogP contribution in [0.4, 0.5) is 33.9 Å². The summed E-state index contributed by atoms with van der Waals surface area (Å²) in [7, 11) is 1.23. The van der Waals surface area contributed by atoms with Gasteiger partial charge in [-0.1, -0.05) is 58.9 Å². The lowest BCUT2D eigenvalue weighted by molar-refractivity contribution is -0.274. The molecule has 2 saturated heterocycles. The zero-order valence-corrected chi connectivity index (χ0v) is 37.0. The van der Waals surface area contributed by atoms with Gasteiger partial charge in [0.05, 0.1) is 36.3 Å². The number of hydrogen-bond acceptors (Lipinski definition) is 9. The molecule has 1 aliphatic carbocycles. The number of rotatable bonds is 11. The number of halogens is 4. The van der Waals surface area contributed by atoms with Gasteiger partial charge in [-0.15, -0.1) is 13.2 Å². The largest absolute Gasteiger partial charge is 0.573 e. The van der Waals surface area contributed by atoms with E-state index in [4.69, 9.17) is 4.74 Å². The van der Waals surface area contributed by atoms with Crippen LogP contribution in [0.25, 0.3) is 22.4 Å². The molecule has 3 aliphatic rings. The highest BCUT2D eigenvalue weighted by molar-refractivity contribution is 6.04. The molecule has 7 rings (SSSR count). The smallest absolute Gasteiger partial charge is 0.453 e. The molecule has 342 valence electrons. The van der Waals surface area contributed by atoms with Crippen LogP contribution in [0, 0.1) is 29.0 Å². The van der Waals surface area contributed by atoms with E-state index in [0.29, 0.717) is 49.0 Å². The highest BCUT2D eigenvalue weighted by Gasteiger charge is 2.53. The van der Waals surface area contributed by atoms with Crippen LogP contribution in [0.1, 0.15) is 83.5 Å². The number of H-pyrrole nitrogens is 1. The maximum atomic E-state index is 15.7. The fourth-order valence-corrected chi connectivity index (χ4v) is 8.72. The number of pyridine rings is 1. The number of ether oxygens (including phenoxy) is 2. The molecule has 3 N–H and O–H groups in total. The number of alkyl carbamates (subject to hydrolysis) is 1. The summed E-state index contributed by atoms with van der Waals surface area (Å²) in [6, 6.07) is 9.72. The Morgan fingerprint density at radius 1 is 0.906 bits per heavy atom. The molecule has 14 nitrogen and oxygen atoms in total. The van der Waals surface area contributed by atoms with Crippen LogP contribution in [0.5, 0.6) is 5.75 Å². The lowest BCUT2D eigenvalue weighted by Crippen LogP contribution is -2.59. The number of nitrogens with zero attached hydrogens (tertiary/aromatic N) is 5. The van der Waals surface area contributed by atoms with Crippen LogP contribution in [-0.2, 0) is 14.3 Å². The van der Waals surface area contributed by atoms with Crippen LogP contribution in [-0.4, -0.2) is 99.8 Å². The van der Waals surface area contributed by atoms with E-state index < -0.39 is 47.7 Å². The molecule has 18 heteroatoms. The molecular formula is C46H54F4N8O6. The Balaban J connectivity index is 1.05. The molecular weight excluding hydrogens is 837 g/mol. The van der Waals surface area contributed by atoms with E-state index >= 15 is 4.39 Å². The van der Waals surface area contributed by atoms with Crippen molar-refractivity contribution in [2.45, 2.75) is 91.8 Å². The predicted molar refractivity (Wildman–Crippen MR) is 231 cm³/mol. The van der Waals surface area contributed by atoms with E-state index in [1.807, 2.05) is 39.5 Å². The van der Waals surface area contributed by atoms with Gasteiger partial charge < -0.3 is 39.8 Å². The first-order valence-corrected chi connectivity index (χ1v) is 21.4. The topological polar surface area (TPSA) is 162 Å². The molecule has 0 bridgehead atoms. The number of aromatic nitrogens is 3. The second-order valence-corrected chi connectivity index (χ2v) is 18.3. The quantitative estimate of drug-likeness (QED) is 0.126. The Morgan fingerprint density at radius 3 is 2.20 bits per heavy atom. The van der Waals surface area contributed by atoms with Gasteiger partial charge in [0.1, 0.15) is 29.3 Å². The molecule has 6 atom stereocenters. The summed E-state index contributed by atoms with van der Waals surface area (Å²) in [6.45, 7) is 15.3. The average molecular weight is 891 g/mol. The molecule has 3 fully saturated rings. The van der Waals surface area contributed by atoms with E-state index in [-0.39, 0.29) is 63.8 Å². The van der Waals surface area contributed by atoms with Crippen molar-refractivity contribution in [2.24, 2.45) is 23.2 Å². The number of nitrogens with one attached hydrogen (secondary N) is 3. The van der Waals surface area contributed by atoms with Gasteiger partial charge in [-0.25, -0.2) is 19.2 Å². The number of carbonyl (C=O) groups is 4. The molecule has 2 aliphatic heterocycles. The molecule has 64 heavy (non-hydrogen) atoms. The van der Waals surface area contributed by atoms with Gasteiger partial charge in [-0.3, -0.25) is 14.4 Å². The fraction of sp³-hybridized carbons (Fsp3) is 0.478. The lowest BCUT2D eigenvalue weighted by Gasteiger charge is -2.45. The average Bonchev–Trinajstić information content (AvgIpc) is 3.52. The highest BCUT2D eigenvalue weighted by Crippen LogP contribution is 2.53. The minimum atomic E-state index is -5.14. The standard InChI is InChI=1S/C46H54F4N8O6/c1-24(2)39(55-44(62)63-8)43(61)58-21-25(3)15-36(58)40-52-20-35(53-40)29-11-9-28(10-12-29)31-16-33(47)34(17-37(31)64-46(48,49)50)54-41(59)30-13-14-38(51-19-30)56-22-27(5)57(23-26(56)4)42(60)32-18-45(32,6)7/h9-14,16-17,19-20,24-27,32,36,39H,15,18,21-23H2,1-8H3,(H,52,53)(H,54,59)(H,55,62)/t25-,26+,27-,32+,36-,39-/m0/s1. The Kier molecular flexibility index (Phi) is 12.7. The third-order valence-corrected chi connectivity index (χ3v) is 12.5. The molecule has 2 aromatic carbocycles. The van der Waals surface area contributed by atoms with Crippen LogP contribution in [0.15, 0.2) is 60.9 Å². The van der Waals surface area contributed by atoms with Gasteiger partial charge in [0, 0.05) is 55.5 Å². The van der Waals surface area contributed by atoms with Crippen LogP contribution >= 0.6 is 0 Å². The molecule has 2 aromatic heterocycles. The van der Waals surface area contributed by atoms with E-state index in [2.05, 4.69) is 49.1 Å². The molecule has 4 amide bonds. The van der Waals surface area contributed by atoms with Crippen molar-refractivity contribution >= 4 is 35.3 Å². The maximum Gasteiger partial charge on any atom is 0.573 e. The van der Waals surface area contributed by atoms with Gasteiger partial charge in [-0.05, 0) is 73.3 Å². The SMILES string of the molecule is COC(=O)N[C@H](C(=O)N1C[C@@H](C)C[C@H]1c1ncc(-c2ccc(-c3cc(F)c(NC(=O)c4ccc(N5C[C@H](C)N(C(=O)[C@H]6CC6(C)C)C[C@H]5C)nc4)cc3OC(F)(F)F)cc2)[nH]1)C(C)C. The maximum absolute atomic E-state index is 15.7. The first kappa shape index (κ1) is 45.8. The molecule has 1 saturated carbocycles. The van der Waals surface area contributed by atoms with Crippen LogP contribution in [0.2, 0.25) is 0 Å². The monoisotopic (exact) mass is 890 g/mol. The normalized spacial score (nSPS) is 22.3. The minimum Gasteiger partial charge on any atom is -0.453 e. The third-order valence-electron chi connectivity index (χ3n) is 12.5. The van der Waals surface area contributed by atoms with Gasteiger partial charge in [0.25, 0.3) is 5.91 Å². The number of amides is 4. The Labute approximate surface area is 369 Å². The van der Waals surface area contributed by atoms with Crippen LogP contribution < -0.4 is 20.3 Å². The summed E-state index contributed by atoms with van der Waals surface area (Å²) in [5, 5.41) is 4.99. The number of alkyl halides is 3. The molecule has 0 radical (unpaired) electrons. The van der Waals surface area contributed by atoms with Crippen LogP contribution in [0.3, 0.4) is 0 Å². The zero-order valence-electron chi connectivity index (χ0n) is 37.0. The molecule has 4 aromatic rings. The lowest BCUT2D eigenvalue weighted by atomic mass is 10.0. The zero-order chi connectivity index (χ0) is 46.4.